The predicted molar refractivity (Wildman–Crippen MR) is 86.8 cm³/mol. The lowest BCUT2D eigenvalue weighted by Gasteiger charge is -2.18. The molecule has 2 aromatic rings. The second-order valence-electron chi connectivity index (χ2n) is 4.46. The van der Waals surface area contributed by atoms with E-state index in [-0.39, 0.29) is 6.10 Å². The summed E-state index contributed by atoms with van der Waals surface area (Å²) < 4.78 is 6.74. The van der Waals surface area contributed by atoms with Crippen LogP contribution < -0.4 is 0 Å². The molecule has 0 aromatic heterocycles. The predicted octanol–water partition coefficient (Wildman–Crippen LogP) is 5.64. The molecule has 3 heteroatoms. The van der Waals surface area contributed by atoms with Gasteiger partial charge in [-0.2, -0.15) is 0 Å². The normalized spacial score (nSPS) is 14.1. The van der Waals surface area contributed by atoms with E-state index < -0.39 is 0 Å². The summed E-state index contributed by atoms with van der Waals surface area (Å²) in [6.45, 7) is 2.13. The van der Waals surface area contributed by atoms with Crippen LogP contribution in [0.25, 0.3) is 0 Å². The lowest BCUT2D eigenvalue weighted by atomic mass is 9.99. The van der Waals surface area contributed by atoms with Crippen molar-refractivity contribution in [3.8, 4) is 0 Å². The molecule has 0 fully saturated rings. The molecule has 2 aromatic carbocycles. The Morgan fingerprint density at radius 1 is 0.947 bits per heavy atom. The third-order valence-corrected chi connectivity index (χ3v) is 4.08. The van der Waals surface area contributed by atoms with E-state index in [2.05, 4.69) is 75.2 Å². The van der Waals surface area contributed by atoms with E-state index in [0.717, 1.165) is 10.0 Å². The topological polar surface area (TPSA) is 9.23 Å². The number of hydrogen-bond donors (Lipinski definition) is 0. The molecule has 0 amide bonds. The number of alkyl halides is 1. The summed E-state index contributed by atoms with van der Waals surface area (Å²) in [6, 6.07) is 16.7. The zero-order valence-electron chi connectivity index (χ0n) is 10.9. The molecular formula is C16H16Br2O. The van der Waals surface area contributed by atoms with Gasteiger partial charge in [-0.25, -0.2) is 0 Å². The molecule has 2 atom stereocenters. The first-order chi connectivity index (χ1) is 9.11. The Hall–Kier alpha value is -0.640. The first-order valence-electron chi connectivity index (χ1n) is 6.14. The Morgan fingerprint density at radius 3 is 2.11 bits per heavy atom. The highest BCUT2D eigenvalue weighted by atomic mass is 79.9. The van der Waals surface area contributed by atoms with Gasteiger partial charge in [-0.15, -0.1) is 0 Å². The fraction of sp³-hybridized carbons (Fsp3) is 0.250. The number of rotatable bonds is 4. The van der Waals surface area contributed by atoms with E-state index in [1.54, 1.807) is 7.11 Å². The Bertz CT molecular complexity index is 552. The van der Waals surface area contributed by atoms with Gasteiger partial charge < -0.3 is 4.74 Å². The van der Waals surface area contributed by atoms with Crippen molar-refractivity contribution < 1.29 is 4.74 Å². The first-order valence-corrected chi connectivity index (χ1v) is 7.85. The van der Waals surface area contributed by atoms with Crippen molar-refractivity contribution in [3.63, 3.8) is 0 Å². The summed E-state index contributed by atoms with van der Waals surface area (Å²) in [5, 5.41) is 0. The van der Waals surface area contributed by atoms with Crippen LogP contribution in [0.5, 0.6) is 0 Å². The number of hydrogen-bond acceptors (Lipinski definition) is 1. The van der Waals surface area contributed by atoms with Crippen LogP contribution in [-0.4, -0.2) is 7.11 Å². The van der Waals surface area contributed by atoms with E-state index in [1.807, 2.05) is 12.1 Å². The van der Waals surface area contributed by atoms with E-state index in [4.69, 9.17) is 4.74 Å². The number of benzene rings is 2. The summed E-state index contributed by atoms with van der Waals surface area (Å²) in [6.07, 6.45) is -0.0382. The third kappa shape index (κ3) is 3.68. The van der Waals surface area contributed by atoms with E-state index in [0.29, 0.717) is 4.83 Å². The van der Waals surface area contributed by atoms with Crippen LogP contribution in [0, 0.1) is 0 Å². The van der Waals surface area contributed by atoms with Crippen LogP contribution in [-0.2, 0) is 4.74 Å². The molecule has 100 valence electrons. The summed E-state index contributed by atoms with van der Waals surface area (Å²) in [5.41, 5.74) is 3.58. The van der Waals surface area contributed by atoms with Gasteiger partial charge in [0.25, 0.3) is 0 Å². The summed E-state index contributed by atoms with van der Waals surface area (Å²) in [7, 11) is 1.75. The number of ether oxygens (including phenoxy) is 1. The highest BCUT2D eigenvalue weighted by molar-refractivity contribution is 9.10. The molecule has 0 saturated heterocycles. The fourth-order valence-corrected chi connectivity index (χ4v) is 2.81. The molecule has 19 heavy (non-hydrogen) atoms. The zero-order valence-corrected chi connectivity index (χ0v) is 14.1. The smallest absolute Gasteiger partial charge is 0.107 e. The maximum Gasteiger partial charge on any atom is 0.107 e. The Morgan fingerprint density at radius 2 is 1.53 bits per heavy atom. The van der Waals surface area contributed by atoms with Crippen molar-refractivity contribution in [1.82, 2.24) is 0 Å². The minimum absolute atomic E-state index is 0.0382. The molecule has 0 radical (unpaired) electrons. The van der Waals surface area contributed by atoms with E-state index in [9.17, 15) is 0 Å². The first kappa shape index (κ1) is 14.8. The minimum atomic E-state index is -0.0382. The highest BCUT2D eigenvalue weighted by Crippen LogP contribution is 2.30. The van der Waals surface area contributed by atoms with Gasteiger partial charge in [-0.3, -0.25) is 0 Å². The SMILES string of the molecule is COC(c1cccc(Br)c1)c1cccc(C(C)Br)c1. The number of methoxy groups -OCH3 is 1. The molecule has 0 aliphatic carbocycles. The summed E-state index contributed by atoms with van der Waals surface area (Å²) >= 11 is 7.11. The molecule has 1 nitrogen and oxygen atoms in total. The van der Waals surface area contributed by atoms with Crippen LogP contribution in [0.3, 0.4) is 0 Å². The van der Waals surface area contributed by atoms with Gasteiger partial charge in [0, 0.05) is 16.4 Å². The van der Waals surface area contributed by atoms with Crippen LogP contribution in [0.4, 0.5) is 0 Å². The van der Waals surface area contributed by atoms with Crippen molar-refractivity contribution in [1.29, 1.82) is 0 Å². The van der Waals surface area contributed by atoms with Gasteiger partial charge in [-0.1, -0.05) is 68.3 Å². The molecule has 0 saturated carbocycles. The average molecular weight is 384 g/mol. The van der Waals surface area contributed by atoms with Crippen molar-refractivity contribution in [2.24, 2.45) is 0 Å². The van der Waals surface area contributed by atoms with E-state index in [1.165, 1.54) is 11.1 Å². The van der Waals surface area contributed by atoms with Crippen molar-refractivity contribution in [2.45, 2.75) is 17.9 Å². The lowest BCUT2D eigenvalue weighted by Crippen LogP contribution is -2.04. The molecule has 0 bridgehead atoms. The van der Waals surface area contributed by atoms with Crippen molar-refractivity contribution in [2.75, 3.05) is 7.11 Å². The maximum absolute atomic E-state index is 5.68. The molecule has 0 spiro atoms. The minimum Gasteiger partial charge on any atom is -0.372 e. The van der Waals surface area contributed by atoms with Crippen LogP contribution >= 0.6 is 31.9 Å². The lowest BCUT2D eigenvalue weighted by molar-refractivity contribution is 0.136. The van der Waals surface area contributed by atoms with Gasteiger partial charge in [0.2, 0.25) is 0 Å². The van der Waals surface area contributed by atoms with Crippen LogP contribution in [0.15, 0.2) is 53.0 Å². The molecule has 2 unspecified atom stereocenters. The molecule has 0 heterocycles. The third-order valence-electron chi connectivity index (χ3n) is 3.06. The van der Waals surface area contributed by atoms with Gasteiger partial charge in [-0.05, 0) is 35.7 Å². The number of halogens is 2. The van der Waals surface area contributed by atoms with Gasteiger partial charge in [0.05, 0.1) is 0 Å². The summed E-state index contributed by atoms with van der Waals surface area (Å²) in [5.74, 6) is 0. The standard InChI is InChI=1S/C16H16Br2O/c1-11(17)12-5-3-6-13(9-12)16(19-2)14-7-4-8-15(18)10-14/h3-11,16H,1-2H3. The quantitative estimate of drug-likeness (QED) is 0.620. The molecule has 2 rings (SSSR count). The van der Waals surface area contributed by atoms with Gasteiger partial charge in [0.1, 0.15) is 6.10 Å². The Kier molecular flexibility index (Phi) is 5.20. The largest absolute Gasteiger partial charge is 0.372 e. The van der Waals surface area contributed by atoms with Crippen LogP contribution in [0.2, 0.25) is 0 Å². The molecule has 0 aliphatic rings. The second kappa shape index (κ2) is 6.69. The van der Waals surface area contributed by atoms with Gasteiger partial charge >= 0.3 is 0 Å². The van der Waals surface area contributed by atoms with Crippen LogP contribution in [0.1, 0.15) is 34.5 Å². The molecule has 0 N–H and O–H groups in total. The van der Waals surface area contributed by atoms with E-state index >= 15 is 0 Å². The maximum atomic E-state index is 5.68. The average Bonchev–Trinajstić information content (AvgIpc) is 2.40. The molecular weight excluding hydrogens is 368 g/mol. The zero-order chi connectivity index (χ0) is 13.8. The Labute approximate surface area is 131 Å². The van der Waals surface area contributed by atoms with Crippen molar-refractivity contribution >= 4 is 31.9 Å². The second-order valence-corrected chi connectivity index (χ2v) is 6.75. The fourth-order valence-electron chi connectivity index (χ4n) is 2.10. The monoisotopic (exact) mass is 382 g/mol. The van der Waals surface area contributed by atoms with Gasteiger partial charge in [0.15, 0.2) is 0 Å². The highest BCUT2D eigenvalue weighted by Gasteiger charge is 2.14. The summed E-state index contributed by atoms with van der Waals surface area (Å²) in [4.78, 5) is 0.340. The Balaban J connectivity index is 2.39. The van der Waals surface area contributed by atoms with Crippen molar-refractivity contribution in [3.05, 3.63) is 69.7 Å². The molecule has 0 aliphatic heterocycles.